The van der Waals surface area contributed by atoms with Gasteiger partial charge in [-0.1, -0.05) is 23.7 Å². The molecule has 0 heterocycles. The zero-order valence-electron chi connectivity index (χ0n) is 9.81. The van der Waals surface area contributed by atoms with Crippen LogP contribution in [0, 0.1) is 5.82 Å². The Labute approximate surface area is 101 Å². The molecule has 0 radical (unpaired) electrons. The highest BCUT2D eigenvalue weighted by Gasteiger charge is 2.15. The summed E-state index contributed by atoms with van der Waals surface area (Å²) in [5.74, 6) is -0.382. The van der Waals surface area contributed by atoms with Crippen LogP contribution in [0.3, 0.4) is 0 Å². The number of rotatable bonds is 5. The number of halogens is 2. The Morgan fingerprint density at radius 1 is 1.44 bits per heavy atom. The minimum atomic E-state index is -0.382. The standard InChI is InChI=1S/C12H17ClFNO/c1-12(2,16-3)8-15-7-9-5-4-6-10(14)11(9)13/h4-6,15H,7-8H2,1-3H3. The summed E-state index contributed by atoms with van der Waals surface area (Å²) in [4.78, 5) is 0. The lowest BCUT2D eigenvalue weighted by Crippen LogP contribution is -2.36. The predicted octanol–water partition coefficient (Wildman–Crippen LogP) is 2.99. The summed E-state index contributed by atoms with van der Waals surface area (Å²) >= 11 is 5.83. The highest BCUT2D eigenvalue weighted by Crippen LogP contribution is 2.19. The summed E-state index contributed by atoms with van der Waals surface area (Å²) in [7, 11) is 1.66. The van der Waals surface area contributed by atoms with Gasteiger partial charge in [0.2, 0.25) is 0 Å². The molecule has 0 aliphatic carbocycles. The molecule has 90 valence electrons. The summed E-state index contributed by atoms with van der Waals surface area (Å²) in [5, 5.41) is 3.37. The molecule has 0 saturated carbocycles. The van der Waals surface area contributed by atoms with E-state index in [1.165, 1.54) is 6.07 Å². The largest absolute Gasteiger partial charge is 0.377 e. The first-order valence-corrected chi connectivity index (χ1v) is 5.53. The van der Waals surface area contributed by atoms with Crippen LogP contribution in [-0.4, -0.2) is 19.3 Å². The molecular formula is C12H17ClFNO. The van der Waals surface area contributed by atoms with E-state index in [9.17, 15) is 4.39 Å². The zero-order chi connectivity index (χ0) is 12.2. The second-order valence-corrected chi connectivity index (χ2v) is 4.66. The Kier molecular flexibility index (Phi) is 4.71. The van der Waals surface area contributed by atoms with Gasteiger partial charge in [0.25, 0.3) is 0 Å². The van der Waals surface area contributed by atoms with E-state index >= 15 is 0 Å². The van der Waals surface area contributed by atoms with Crippen LogP contribution in [0.4, 0.5) is 4.39 Å². The minimum absolute atomic E-state index is 0.185. The van der Waals surface area contributed by atoms with Crippen molar-refractivity contribution >= 4 is 11.6 Å². The summed E-state index contributed by atoms with van der Waals surface area (Å²) < 4.78 is 18.4. The summed E-state index contributed by atoms with van der Waals surface area (Å²) in [6, 6.07) is 4.81. The molecular weight excluding hydrogens is 229 g/mol. The first-order chi connectivity index (χ1) is 7.46. The Morgan fingerprint density at radius 2 is 2.12 bits per heavy atom. The van der Waals surface area contributed by atoms with Gasteiger partial charge in [-0.2, -0.15) is 0 Å². The van der Waals surface area contributed by atoms with Gasteiger partial charge in [-0.25, -0.2) is 4.39 Å². The Bertz CT molecular complexity index is 355. The van der Waals surface area contributed by atoms with Crippen molar-refractivity contribution < 1.29 is 9.13 Å². The molecule has 1 aromatic carbocycles. The number of ether oxygens (including phenoxy) is 1. The zero-order valence-corrected chi connectivity index (χ0v) is 10.6. The Balaban J connectivity index is 2.53. The normalized spacial score (nSPS) is 11.8. The third-order valence-electron chi connectivity index (χ3n) is 2.45. The highest BCUT2D eigenvalue weighted by atomic mass is 35.5. The van der Waals surface area contributed by atoms with Crippen LogP contribution in [0.5, 0.6) is 0 Å². The van der Waals surface area contributed by atoms with Gasteiger partial charge in [-0.15, -0.1) is 0 Å². The third kappa shape index (κ3) is 3.74. The number of methoxy groups -OCH3 is 1. The lowest BCUT2D eigenvalue weighted by molar-refractivity contribution is 0.0230. The maximum atomic E-state index is 13.1. The molecule has 0 spiro atoms. The fourth-order valence-corrected chi connectivity index (χ4v) is 1.45. The van der Waals surface area contributed by atoms with Gasteiger partial charge >= 0.3 is 0 Å². The van der Waals surface area contributed by atoms with Gasteiger partial charge in [0.15, 0.2) is 0 Å². The molecule has 0 atom stereocenters. The molecule has 0 aromatic heterocycles. The monoisotopic (exact) mass is 245 g/mol. The number of hydrogen-bond acceptors (Lipinski definition) is 2. The van der Waals surface area contributed by atoms with E-state index in [0.717, 1.165) is 5.56 Å². The van der Waals surface area contributed by atoms with E-state index in [2.05, 4.69) is 5.32 Å². The second kappa shape index (κ2) is 5.62. The molecule has 1 aromatic rings. The van der Waals surface area contributed by atoms with Crippen LogP contribution in [0.2, 0.25) is 5.02 Å². The fraction of sp³-hybridized carbons (Fsp3) is 0.500. The molecule has 0 fully saturated rings. The van der Waals surface area contributed by atoms with Gasteiger partial charge in [0.05, 0.1) is 10.6 Å². The second-order valence-electron chi connectivity index (χ2n) is 4.28. The molecule has 0 saturated heterocycles. The molecule has 2 nitrogen and oxygen atoms in total. The van der Waals surface area contributed by atoms with Gasteiger partial charge in [0.1, 0.15) is 5.82 Å². The molecule has 0 amide bonds. The van der Waals surface area contributed by atoms with Crippen LogP contribution >= 0.6 is 11.6 Å². The predicted molar refractivity (Wildman–Crippen MR) is 64.2 cm³/mol. The first kappa shape index (κ1) is 13.4. The van der Waals surface area contributed by atoms with Gasteiger partial charge in [-0.05, 0) is 25.5 Å². The van der Waals surface area contributed by atoms with E-state index in [0.29, 0.717) is 13.1 Å². The van der Waals surface area contributed by atoms with Gasteiger partial charge in [0, 0.05) is 20.2 Å². The number of benzene rings is 1. The summed E-state index contributed by atoms with van der Waals surface area (Å²) in [6.07, 6.45) is 0. The van der Waals surface area contributed by atoms with E-state index in [1.807, 2.05) is 13.8 Å². The smallest absolute Gasteiger partial charge is 0.142 e. The summed E-state index contributed by atoms with van der Waals surface area (Å²) in [5.41, 5.74) is 0.522. The average molecular weight is 246 g/mol. The van der Waals surface area contributed by atoms with Crippen LogP contribution < -0.4 is 5.32 Å². The maximum Gasteiger partial charge on any atom is 0.142 e. The lowest BCUT2D eigenvalue weighted by Gasteiger charge is -2.23. The minimum Gasteiger partial charge on any atom is -0.377 e. The van der Waals surface area contributed by atoms with E-state index in [1.54, 1.807) is 19.2 Å². The average Bonchev–Trinajstić information content (AvgIpc) is 2.24. The molecule has 16 heavy (non-hydrogen) atoms. The van der Waals surface area contributed by atoms with Crippen molar-refractivity contribution in [2.75, 3.05) is 13.7 Å². The van der Waals surface area contributed by atoms with Crippen molar-refractivity contribution in [3.8, 4) is 0 Å². The molecule has 0 unspecified atom stereocenters. The maximum absolute atomic E-state index is 13.1. The van der Waals surface area contributed by atoms with Gasteiger partial charge in [-0.3, -0.25) is 0 Å². The van der Waals surface area contributed by atoms with Crippen LogP contribution in [0.1, 0.15) is 19.4 Å². The third-order valence-corrected chi connectivity index (χ3v) is 2.87. The Hall–Kier alpha value is -0.640. The van der Waals surface area contributed by atoms with Crippen LogP contribution in [0.15, 0.2) is 18.2 Å². The highest BCUT2D eigenvalue weighted by molar-refractivity contribution is 6.31. The van der Waals surface area contributed by atoms with Crippen LogP contribution in [-0.2, 0) is 11.3 Å². The molecule has 0 aliphatic rings. The number of hydrogen-bond donors (Lipinski definition) is 1. The fourth-order valence-electron chi connectivity index (χ4n) is 1.26. The Morgan fingerprint density at radius 3 is 2.75 bits per heavy atom. The van der Waals surface area contributed by atoms with Crippen LogP contribution in [0.25, 0.3) is 0 Å². The molecule has 0 aliphatic heterocycles. The molecule has 1 rings (SSSR count). The quantitative estimate of drug-likeness (QED) is 0.861. The molecule has 1 N–H and O–H groups in total. The molecule has 4 heteroatoms. The van der Waals surface area contributed by atoms with E-state index < -0.39 is 0 Å². The lowest BCUT2D eigenvalue weighted by atomic mass is 10.1. The molecule has 0 bridgehead atoms. The summed E-state index contributed by atoms with van der Waals surface area (Å²) in [6.45, 7) is 5.17. The van der Waals surface area contributed by atoms with E-state index in [4.69, 9.17) is 16.3 Å². The topological polar surface area (TPSA) is 21.3 Å². The van der Waals surface area contributed by atoms with E-state index in [-0.39, 0.29) is 16.4 Å². The van der Waals surface area contributed by atoms with Crippen molar-refractivity contribution in [3.05, 3.63) is 34.6 Å². The van der Waals surface area contributed by atoms with Crippen molar-refractivity contribution in [2.45, 2.75) is 26.0 Å². The van der Waals surface area contributed by atoms with Gasteiger partial charge < -0.3 is 10.1 Å². The van der Waals surface area contributed by atoms with Crippen molar-refractivity contribution in [2.24, 2.45) is 0 Å². The first-order valence-electron chi connectivity index (χ1n) is 5.15. The SMILES string of the molecule is COC(C)(C)CNCc1cccc(F)c1Cl. The van der Waals surface area contributed by atoms with Crippen molar-refractivity contribution in [3.63, 3.8) is 0 Å². The number of nitrogens with one attached hydrogen (secondary N) is 1. The van der Waals surface area contributed by atoms with Crippen molar-refractivity contribution in [1.82, 2.24) is 5.32 Å². The van der Waals surface area contributed by atoms with Crippen molar-refractivity contribution in [1.29, 1.82) is 0 Å².